The van der Waals surface area contributed by atoms with Crippen LogP contribution in [0.5, 0.6) is 0 Å². The highest BCUT2D eigenvalue weighted by atomic mass is 16.6. The molecule has 9 nitrogen and oxygen atoms in total. The summed E-state index contributed by atoms with van der Waals surface area (Å²) >= 11 is 0. The summed E-state index contributed by atoms with van der Waals surface area (Å²) < 4.78 is 5.25. The van der Waals surface area contributed by atoms with Crippen LogP contribution in [0.25, 0.3) is 0 Å². The number of likely N-dealkylation sites (N-methyl/N-ethyl adjacent to an activating group) is 1. The SMILES string of the molecule is C[C@H](OC(=O)CCCN1C(=O)CN(C)C1=O)c1cccc([N+](=O)[O-])c1. The first-order chi connectivity index (χ1) is 11.8. The molecule has 0 spiro atoms. The number of non-ortho nitro benzene ring substituents is 1. The van der Waals surface area contributed by atoms with Crippen LogP contribution in [0.4, 0.5) is 10.5 Å². The van der Waals surface area contributed by atoms with Crippen molar-refractivity contribution in [2.45, 2.75) is 25.9 Å². The molecule has 2 rings (SSSR count). The minimum Gasteiger partial charge on any atom is -0.458 e. The number of amides is 3. The molecule has 1 atom stereocenters. The lowest BCUT2D eigenvalue weighted by Gasteiger charge is -2.15. The van der Waals surface area contributed by atoms with Gasteiger partial charge in [0.2, 0.25) is 5.91 Å². The number of nitrogens with zero attached hydrogens (tertiary/aromatic N) is 3. The van der Waals surface area contributed by atoms with Crippen molar-refractivity contribution in [3.8, 4) is 0 Å². The predicted octanol–water partition coefficient (Wildman–Crippen LogP) is 1.87. The van der Waals surface area contributed by atoms with Gasteiger partial charge in [-0.05, 0) is 18.9 Å². The van der Waals surface area contributed by atoms with Crippen LogP contribution in [-0.2, 0) is 14.3 Å². The van der Waals surface area contributed by atoms with Crippen molar-refractivity contribution < 1.29 is 24.0 Å². The smallest absolute Gasteiger partial charge is 0.326 e. The molecular weight excluding hydrogens is 330 g/mol. The molecule has 0 N–H and O–H groups in total. The van der Waals surface area contributed by atoms with E-state index in [1.165, 1.54) is 30.1 Å². The summed E-state index contributed by atoms with van der Waals surface area (Å²) in [6.45, 7) is 1.83. The van der Waals surface area contributed by atoms with Crippen molar-refractivity contribution in [1.82, 2.24) is 9.80 Å². The van der Waals surface area contributed by atoms with Crippen molar-refractivity contribution in [1.29, 1.82) is 0 Å². The van der Waals surface area contributed by atoms with Crippen LogP contribution in [-0.4, -0.2) is 52.8 Å². The summed E-state index contributed by atoms with van der Waals surface area (Å²) in [5, 5.41) is 10.8. The zero-order valence-electron chi connectivity index (χ0n) is 14.0. The maximum atomic E-state index is 11.9. The topological polar surface area (TPSA) is 110 Å². The van der Waals surface area contributed by atoms with Crippen LogP contribution in [0.15, 0.2) is 24.3 Å². The lowest BCUT2D eigenvalue weighted by Crippen LogP contribution is -2.32. The van der Waals surface area contributed by atoms with Gasteiger partial charge < -0.3 is 9.64 Å². The minimum absolute atomic E-state index is 0.0417. The molecule has 1 aromatic rings. The fourth-order valence-electron chi connectivity index (χ4n) is 2.49. The number of benzene rings is 1. The van der Waals surface area contributed by atoms with Gasteiger partial charge in [-0.1, -0.05) is 12.1 Å². The van der Waals surface area contributed by atoms with Gasteiger partial charge in [-0.2, -0.15) is 0 Å². The van der Waals surface area contributed by atoms with Gasteiger partial charge in [-0.3, -0.25) is 24.6 Å². The fourth-order valence-corrected chi connectivity index (χ4v) is 2.49. The molecule has 0 bridgehead atoms. The Labute approximate surface area is 144 Å². The zero-order valence-corrected chi connectivity index (χ0v) is 14.0. The van der Waals surface area contributed by atoms with Crippen LogP contribution in [0.1, 0.15) is 31.4 Å². The molecule has 0 unspecified atom stereocenters. The van der Waals surface area contributed by atoms with Crippen LogP contribution in [0, 0.1) is 10.1 Å². The van der Waals surface area contributed by atoms with Crippen molar-refractivity contribution in [2.75, 3.05) is 20.1 Å². The van der Waals surface area contributed by atoms with Gasteiger partial charge in [0, 0.05) is 32.1 Å². The zero-order chi connectivity index (χ0) is 18.6. The summed E-state index contributed by atoms with van der Waals surface area (Å²) in [4.78, 5) is 47.9. The molecule has 1 fully saturated rings. The van der Waals surface area contributed by atoms with Gasteiger partial charge in [0.05, 0.1) is 4.92 Å². The fraction of sp³-hybridized carbons (Fsp3) is 0.438. The molecular formula is C16H19N3O6. The highest BCUT2D eigenvalue weighted by molar-refractivity contribution is 6.01. The molecule has 1 heterocycles. The van der Waals surface area contributed by atoms with Crippen molar-refractivity contribution in [3.63, 3.8) is 0 Å². The van der Waals surface area contributed by atoms with Crippen molar-refractivity contribution >= 4 is 23.6 Å². The Bertz CT molecular complexity index is 705. The van der Waals surface area contributed by atoms with Crippen molar-refractivity contribution in [3.05, 3.63) is 39.9 Å². The Hall–Kier alpha value is -2.97. The number of esters is 1. The average molecular weight is 349 g/mol. The molecule has 1 saturated heterocycles. The molecule has 0 aliphatic carbocycles. The second kappa shape index (κ2) is 7.73. The van der Waals surface area contributed by atoms with E-state index >= 15 is 0 Å². The van der Waals surface area contributed by atoms with E-state index < -0.39 is 17.0 Å². The highest BCUT2D eigenvalue weighted by Gasteiger charge is 2.32. The van der Waals surface area contributed by atoms with Gasteiger partial charge >= 0.3 is 12.0 Å². The largest absolute Gasteiger partial charge is 0.458 e. The Balaban J connectivity index is 1.82. The quantitative estimate of drug-likeness (QED) is 0.322. The minimum atomic E-state index is -0.631. The van der Waals surface area contributed by atoms with E-state index in [2.05, 4.69) is 0 Å². The third-order valence-electron chi connectivity index (χ3n) is 3.85. The normalized spacial score (nSPS) is 15.4. The number of hydrogen-bond donors (Lipinski definition) is 0. The highest BCUT2D eigenvalue weighted by Crippen LogP contribution is 2.22. The number of carbonyl (C=O) groups excluding carboxylic acids is 3. The van der Waals surface area contributed by atoms with E-state index in [-0.39, 0.29) is 37.1 Å². The van der Waals surface area contributed by atoms with Crippen LogP contribution in [0.3, 0.4) is 0 Å². The van der Waals surface area contributed by atoms with E-state index in [9.17, 15) is 24.5 Å². The molecule has 9 heteroatoms. The lowest BCUT2D eigenvalue weighted by atomic mass is 10.1. The first-order valence-corrected chi connectivity index (χ1v) is 7.79. The monoisotopic (exact) mass is 349 g/mol. The number of carbonyl (C=O) groups is 3. The summed E-state index contributed by atoms with van der Waals surface area (Å²) in [5.74, 6) is -0.780. The van der Waals surface area contributed by atoms with Gasteiger partial charge in [0.1, 0.15) is 12.6 Å². The predicted molar refractivity (Wildman–Crippen MR) is 86.6 cm³/mol. The summed E-state index contributed by atoms with van der Waals surface area (Å²) in [5.41, 5.74) is 0.449. The van der Waals surface area contributed by atoms with Gasteiger partial charge in [0.25, 0.3) is 5.69 Å². The number of nitro benzene ring substituents is 1. The maximum Gasteiger partial charge on any atom is 0.326 e. The Morgan fingerprint density at radius 2 is 2.12 bits per heavy atom. The Morgan fingerprint density at radius 3 is 2.72 bits per heavy atom. The van der Waals surface area contributed by atoms with E-state index in [4.69, 9.17) is 4.74 Å². The Morgan fingerprint density at radius 1 is 1.40 bits per heavy atom. The van der Waals surface area contributed by atoms with Crippen molar-refractivity contribution in [2.24, 2.45) is 0 Å². The van der Waals surface area contributed by atoms with Crippen LogP contribution >= 0.6 is 0 Å². The van der Waals surface area contributed by atoms with Crippen LogP contribution < -0.4 is 0 Å². The standard InChI is InChI=1S/C16H19N3O6/c1-11(12-5-3-6-13(9-12)19(23)24)25-15(21)7-4-8-18-14(20)10-17(2)16(18)22/h3,5-6,9,11H,4,7-8,10H2,1-2H3/t11-/m0/s1. The van der Waals surface area contributed by atoms with E-state index in [0.29, 0.717) is 12.0 Å². The number of nitro groups is 1. The summed E-state index contributed by atoms with van der Waals surface area (Å²) in [6.07, 6.45) is -0.292. The molecule has 25 heavy (non-hydrogen) atoms. The van der Waals surface area contributed by atoms with Crippen LogP contribution in [0.2, 0.25) is 0 Å². The van der Waals surface area contributed by atoms with Gasteiger partial charge in [0.15, 0.2) is 0 Å². The van der Waals surface area contributed by atoms with E-state index in [0.717, 1.165) is 4.90 Å². The number of imide groups is 1. The molecule has 1 aliphatic rings. The first kappa shape index (κ1) is 18.4. The summed E-state index contributed by atoms with van der Waals surface area (Å²) in [7, 11) is 1.54. The number of rotatable bonds is 7. The molecule has 134 valence electrons. The lowest BCUT2D eigenvalue weighted by molar-refractivity contribution is -0.385. The Kier molecular flexibility index (Phi) is 5.68. The molecule has 0 aromatic heterocycles. The molecule has 0 saturated carbocycles. The molecule has 0 radical (unpaired) electrons. The molecule has 1 aromatic carbocycles. The number of ether oxygens (including phenoxy) is 1. The third-order valence-corrected chi connectivity index (χ3v) is 3.85. The second-order valence-corrected chi connectivity index (χ2v) is 5.77. The van der Waals surface area contributed by atoms with Gasteiger partial charge in [-0.15, -0.1) is 0 Å². The summed E-state index contributed by atoms with van der Waals surface area (Å²) in [6, 6.07) is 5.51. The number of hydrogen-bond acceptors (Lipinski definition) is 6. The first-order valence-electron chi connectivity index (χ1n) is 7.79. The van der Waals surface area contributed by atoms with E-state index in [1.807, 2.05) is 0 Å². The molecule has 3 amide bonds. The van der Waals surface area contributed by atoms with Gasteiger partial charge in [-0.25, -0.2) is 4.79 Å². The second-order valence-electron chi connectivity index (χ2n) is 5.77. The maximum absolute atomic E-state index is 11.9. The third kappa shape index (κ3) is 4.52. The average Bonchev–Trinajstić information content (AvgIpc) is 2.81. The van der Waals surface area contributed by atoms with E-state index in [1.54, 1.807) is 13.0 Å². The number of urea groups is 1. The molecule has 1 aliphatic heterocycles.